The topological polar surface area (TPSA) is 107 Å². The van der Waals surface area contributed by atoms with Crippen LogP contribution in [-0.2, 0) is 0 Å². The molecule has 7 nitrogen and oxygen atoms in total. The minimum absolute atomic E-state index is 0.00801. The van der Waals surface area contributed by atoms with Crippen molar-refractivity contribution < 1.29 is 5.11 Å². The molecule has 1 saturated heterocycles. The Bertz CT molecular complexity index is 991. The Balaban J connectivity index is 1.78. The molecule has 0 saturated carbocycles. The average molecular weight is 346 g/mol. The standard InChI is InChI=1S/C19H18N6O/c20-9-12-3-4-15(17(26)8-12)18-14-5-7-22-11-16(14)19(25-24-18)23-13-2-1-6-21-10-13/h3-5,7-8,11,13,21,26H,1-2,6,10H2,(H,23,25)/t13-/m1/s1. The average Bonchev–Trinajstić information content (AvgIpc) is 2.69. The van der Waals surface area contributed by atoms with Crippen molar-refractivity contribution in [1.29, 1.82) is 5.26 Å². The van der Waals surface area contributed by atoms with Gasteiger partial charge in [0.15, 0.2) is 5.82 Å². The zero-order valence-electron chi connectivity index (χ0n) is 14.1. The van der Waals surface area contributed by atoms with Crippen LogP contribution in [0.2, 0.25) is 0 Å². The monoisotopic (exact) mass is 346 g/mol. The number of nitriles is 1. The first kappa shape index (κ1) is 16.2. The zero-order chi connectivity index (χ0) is 17.9. The Kier molecular flexibility index (Phi) is 4.33. The van der Waals surface area contributed by atoms with Crippen LogP contribution in [0.4, 0.5) is 5.82 Å². The highest BCUT2D eigenvalue weighted by atomic mass is 16.3. The summed E-state index contributed by atoms with van der Waals surface area (Å²) in [6, 6.07) is 8.96. The summed E-state index contributed by atoms with van der Waals surface area (Å²) in [6.07, 6.45) is 5.65. The number of fused-ring (bicyclic) bond motifs is 1. The Labute approximate surface area is 150 Å². The predicted molar refractivity (Wildman–Crippen MR) is 98.7 cm³/mol. The maximum Gasteiger partial charge on any atom is 0.158 e. The van der Waals surface area contributed by atoms with Crippen molar-refractivity contribution in [3.05, 3.63) is 42.2 Å². The first-order chi connectivity index (χ1) is 12.8. The second-order valence-corrected chi connectivity index (χ2v) is 6.35. The molecule has 4 rings (SSSR count). The number of piperidine rings is 1. The molecule has 3 N–H and O–H groups in total. The summed E-state index contributed by atoms with van der Waals surface area (Å²) in [6.45, 7) is 1.94. The summed E-state index contributed by atoms with van der Waals surface area (Å²) in [5.74, 6) is 0.701. The third kappa shape index (κ3) is 3.03. The Hall–Kier alpha value is -3.24. The summed E-state index contributed by atoms with van der Waals surface area (Å²) < 4.78 is 0. The van der Waals surface area contributed by atoms with Crippen LogP contribution >= 0.6 is 0 Å². The van der Waals surface area contributed by atoms with E-state index < -0.39 is 0 Å². The predicted octanol–water partition coefficient (Wildman–Crippen LogP) is 2.43. The largest absolute Gasteiger partial charge is 0.507 e. The van der Waals surface area contributed by atoms with E-state index in [9.17, 15) is 5.11 Å². The molecule has 7 heteroatoms. The van der Waals surface area contributed by atoms with Crippen molar-refractivity contribution >= 4 is 16.6 Å². The van der Waals surface area contributed by atoms with Gasteiger partial charge >= 0.3 is 0 Å². The number of hydrogen-bond donors (Lipinski definition) is 3. The molecule has 26 heavy (non-hydrogen) atoms. The van der Waals surface area contributed by atoms with Gasteiger partial charge in [-0.25, -0.2) is 0 Å². The van der Waals surface area contributed by atoms with Crippen molar-refractivity contribution in [2.45, 2.75) is 18.9 Å². The number of phenols is 1. The van der Waals surface area contributed by atoms with E-state index in [2.05, 4.69) is 25.8 Å². The second-order valence-electron chi connectivity index (χ2n) is 6.35. The van der Waals surface area contributed by atoms with Gasteiger partial charge in [-0.2, -0.15) is 5.26 Å². The highest BCUT2D eigenvalue weighted by Gasteiger charge is 2.18. The molecule has 0 unspecified atom stereocenters. The van der Waals surface area contributed by atoms with Gasteiger partial charge in [-0.05, 0) is 43.7 Å². The molecule has 1 aliphatic rings. The molecule has 1 atom stereocenters. The number of nitrogens with zero attached hydrogens (tertiary/aromatic N) is 4. The number of aromatic nitrogens is 3. The molecule has 3 aromatic rings. The van der Waals surface area contributed by atoms with Gasteiger partial charge in [0.2, 0.25) is 0 Å². The lowest BCUT2D eigenvalue weighted by Crippen LogP contribution is -2.38. The van der Waals surface area contributed by atoms with Crippen molar-refractivity contribution in [3.63, 3.8) is 0 Å². The van der Waals surface area contributed by atoms with E-state index >= 15 is 0 Å². The van der Waals surface area contributed by atoms with Gasteiger partial charge in [-0.15, -0.1) is 10.2 Å². The van der Waals surface area contributed by atoms with Gasteiger partial charge < -0.3 is 15.7 Å². The van der Waals surface area contributed by atoms with Crippen LogP contribution in [0.1, 0.15) is 18.4 Å². The van der Waals surface area contributed by atoms with Crippen molar-refractivity contribution in [3.8, 4) is 23.1 Å². The number of rotatable bonds is 3. The molecule has 0 aliphatic carbocycles. The van der Waals surface area contributed by atoms with Gasteiger partial charge in [0.25, 0.3) is 0 Å². The molecule has 1 aromatic carbocycles. The van der Waals surface area contributed by atoms with Crippen LogP contribution in [0.3, 0.4) is 0 Å². The van der Waals surface area contributed by atoms with E-state index in [1.165, 1.54) is 6.07 Å². The summed E-state index contributed by atoms with van der Waals surface area (Å²) in [4.78, 5) is 4.22. The van der Waals surface area contributed by atoms with Gasteiger partial charge in [-0.1, -0.05) is 0 Å². The Morgan fingerprint density at radius 3 is 2.92 bits per heavy atom. The maximum absolute atomic E-state index is 10.3. The molecule has 3 heterocycles. The summed E-state index contributed by atoms with van der Waals surface area (Å²) in [5.41, 5.74) is 1.50. The summed E-state index contributed by atoms with van der Waals surface area (Å²) >= 11 is 0. The van der Waals surface area contributed by atoms with Crippen molar-refractivity contribution in [2.24, 2.45) is 0 Å². The van der Waals surface area contributed by atoms with E-state index in [0.29, 0.717) is 28.7 Å². The summed E-state index contributed by atoms with van der Waals surface area (Å²) in [5, 5.41) is 36.5. The number of benzene rings is 1. The fraction of sp³-hybridized carbons (Fsp3) is 0.263. The van der Waals surface area contributed by atoms with Crippen LogP contribution < -0.4 is 10.6 Å². The maximum atomic E-state index is 10.3. The smallest absolute Gasteiger partial charge is 0.158 e. The Morgan fingerprint density at radius 1 is 1.23 bits per heavy atom. The molecular weight excluding hydrogens is 328 g/mol. The quantitative estimate of drug-likeness (QED) is 0.668. The highest BCUT2D eigenvalue weighted by Crippen LogP contribution is 2.34. The number of aromatic hydroxyl groups is 1. The van der Waals surface area contributed by atoms with E-state index in [-0.39, 0.29) is 5.75 Å². The number of anilines is 1. The number of phenolic OH excluding ortho intramolecular Hbond substituents is 1. The molecule has 1 aliphatic heterocycles. The highest BCUT2D eigenvalue weighted by molar-refractivity contribution is 6.00. The molecule has 0 bridgehead atoms. The number of pyridine rings is 1. The lowest BCUT2D eigenvalue weighted by atomic mass is 10.0. The Morgan fingerprint density at radius 2 is 2.15 bits per heavy atom. The third-order valence-corrected chi connectivity index (χ3v) is 4.60. The van der Waals surface area contributed by atoms with E-state index in [1.54, 1.807) is 24.5 Å². The van der Waals surface area contributed by atoms with Crippen LogP contribution in [0.25, 0.3) is 22.0 Å². The molecule has 0 radical (unpaired) electrons. The van der Waals surface area contributed by atoms with Crippen LogP contribution in [-0.4, -0.2) is 39.4 Å². The first-order valence-electron chi connectivity index (χ1n) is 8.57. The first-order valence-corrected chi connectivity index (χ1v) is 8.57. The molecular formula is C19H18N6O. The van der Waals surface area contributed by atoms with Gasteiger partial charge in [0.05, 0.1) is 11.6 Å². The van der Waals surface area contributed by atoms with Crippen LogP contribution in [0.15, 0.2) is 36.7 Å². The molecule has 130 valence electrons. The van der Waals surface area contributed by atoms with Crippen LogP contribution in [0.5, 0.6) is 5.75 Å². The molecule has 0 spiro atoms. The minimum atomic E-state index is 0.00801. The van der Waals surface area contributed by atoms with Gasteiger partial charge in [-0.3, -0.25) is 4.98 Å². The lowest BCUT2D eigenvalue weighted by Gasteiger charge is -2.24. The summed E-state index contributed by atoms with van der Waals surface area (Å²) in [7, 11) is 0. The number of hydrogen-bond acceptors (Lipinski definition) is 7. The fourth-order valence-electron chi connectivity index (χ4n) is 3.27. The molecule has 0 amide bonds. The van der Waals surface area contributed by atoms with Crippen LogP contribution in [0, 0.1) is 11.3 Å². The minimum Gasteiger partial charge on any atom is -0.507 e. The van der Waals surface area contributed by atoms with E-state index in [4.69, 9.17) is 5.26 Å². The lowest BCUT2D eigenvalue weighted by molar-refractivity contribution is 0.476. The van der Waals surface area contributed by atoms with Gasteiger partial charge in [0.1, 0.15) is 11.4 Å². The SMILES string of the molecule is N#Cc1ccc(-c2nnc(N[C@@H]3CCCNC3)c3cnccc23)c(O)c1. The third-order valence-electron chi connectivity index (χ3n) is 4.60. The normalized spacial score (nSPS) is 17.0. The van der Waals surface area contributed by atoms with E-state index in [0.717, 1.165) is 36.7 Å². The van der Waals surface area contributed by atoms with E-state index in [1.807, 2.05) is 12.1 Å². The van der Waals surface area contributed by atoms with Gasteiger partial charge in [0, 0.05) is 41.3 Å². The number of nitrogens with one attached hydrogen (secondary N) is 2. The van der Waals surface area contributed by atoms with Crippen molar-refractivity contribution in [2.75, 3.05) is 18.4 Å². The molecule has 1 fully saturated rings. The second kappa shape index (κ2) is 6.94. The fourth-order valence-corrected chi connectivity index (χ4v) is 3.27. The molecule has 2 aromatic heterocycles. The van der Waals surface area contributed by atoms with Crippen molar-refractivity contribution in [1.82, 2.24) is 20.5 Å². The zero-order valence-corrected chi connectivity index (χ0v) is 14.1.